The summed E-state index contributed by atoms with van der Waals surface area (Å²) in [6.07, 6.45) is 13.7. The van der Waals surface area contributed by atoms with Gasteiger partial charge in [-0.2, -0.15) is 0 Å². The lowest BCUT2D eigenvalue weighted by atomic mass is 9.86. The van der Waals surface area contributed by atoms with Gasteiger partial charge in [0.05, 0.1) is 18.4 Å². The molecule has 1 aromatic carbocycles. The van der Waals surface area contributed by atoms with Crippen LogP contribution in [0.15, 0.2) is 77.9 Å². The molecular weight excluding hydrogens is 418 g/mol. The topological polar surface area (TPSA) is 90.2 Å². The number of carbonyl (C=O) groups is 2. The van der Waals surface area contributed by atoms with Gasteiger partial charge in [0.15, 0.2) is 0 Å². The summed E-state index contributed by atoms with van der Waals surface area (Å²) in [6.45, 7) is 3.56. The minimum absolute atomic E-state index is 0.158. The van der Waals surface area contributed by atoms with Crippen LogP contribution in [0.5, 0.6) is 0 Å². The SMILES string of the molecule is CC1=C(/C=C/C2CCN(C(=O)Cc3ccc(-n4cnnn4)cc3)CC2)C=CC2C(=O)OC=C12. The molecule has 0 radical (unpaired) electrons. The molecular formula is C25H25N5O3. The molecule has 1 amide bonds. The van der Waals surface area contributed by atoms with Gasteiger partial charge in [-0.05, 0) is 65.0 Å². The first-order valence-electron chi connectivity index (χ1n) is 11.2. The molecule has 3 heterocycles. The Bertz CT molecular complexity index is 1170. The standard InChI is InChI=1S/C25H25N5O3/c1-17-20(6-9-22-23(17)15-33-25(22)32)5-2-18-10-12-29(13-11-18)24(31)14-19-3-7-21(8-4-19)30-16-26-27-28-30/h2-9,15-16,18,22H,10-14H2,1H3/b5-2+. The molecule has 8 nitrogen and oxygen atoms in total. The van der Waals surface area contributed by atoms with Gasteiger partial charge in [0.25, 0.3) is 0 Å². The number of esters is 1. The van der Waals surface area contributed by atoms with E-state index in [1.807, 2.05) is 48.2 Å². The number of likely N-dealkylation sites (tertiary alicyclic amines) is 1. The smallest absolute Gasteiger partial charge is 0.322 e. The summed E-state index contributed by atoms with van der Waals surface area (Å²) in [5.74, 6) is 0.132. The van der Waals surface area contributed by atoms with Crippen molar-refractivity contribution in [1.82, 2.24) is 25.1 Å². The molecule has 0 bridgehead atoms. The molecule has 1 aromatic heterocycles. The fourth-order valence-corrected chi connectivity index (χ4v) is 4.48. The molecule has 0 saturated carbocycles. The Kier molecular flexibility index (Phi) is 5.73. The highest BCUT2D eigenvalue weighted by Crippen LogP contribution is 2.34. The third kappa shape index (κ3) is 4.41. The Hall–Kier alpha value is -3.81. The second-order valence-corrected chi connectivity index (χ2v) is 8.60. The van der Waals surface area contributed by atoms with Crippen molar-refractivity contribution in [1.29, 1.82) is 0 Å². The molecule has 2 aromatic rings. The lowest BCUT2D eigenvalue weighted by Crippen LogP contribution is -2.39. The number of benzene rings is 1. The molecule has 1 atom stereocenters. The lowest BCUT2D eigenvalue weighted by Gasteiger charge is -2.31. The van der Waals surface area contributed by atoms with Gasteiger partial charge in [-0.3, -0.25) is 9.59 Å². The van der Waals surface area contributed by atoms with Gasteiger partial charge in [0.1, 0.15) is 12.2 Å². The molecule has 168 valence electrons. The van der Waals surface area contributed by atoms with Crippen LogP contribution in [-0.4, -0.2) is 50.1 Å². The van der Waals surface area contributed by atoms with Crippen LogP contribution in [0.25, 0.3) is 5.69 Å². The highest BCUT2D eigenvalue weighted by Gasteiger charge is 2.31. The lowest BCUT2D eigenvalue weighted by molar-refractivity contribution is -0.137. The number of nitrogens with zero attached hydrogens (tertiary/aromatic N) is 5. The summed E-state index contributed by atoms with van der Waals surface area (Å²) in [5.41, 5.74) is 4.99. The Morgan fingerprint density at radius 2 is 2.00 bits per heavy atom. The molecule has 0 N–H and O–H groups in total. The van der Waals surface area contributed by atoms with E-state index in [4.69, 9.17) is 4.74 Å². The monoisotopic (exact) mass is 443 g/mol. The van der Waals surface area contributed by atoms with E-state index in [-0.39, 0.29) is 17.8 Å². The van der Waals surface area contributed by atoms with Gasteiger partial charge in [-0.15, -0.1) is 5.10 Å². The molecule has 5 rings (SSSR count). The first kappa shape index (κ1) is 21.1. The minimum atomic E-state index is -0.257. The van der Waals surface area contributed by atoms with Crippen LogP contribution in [0.2, 0.25) is 0 Å². The van der Waals surface area contributed by atoms with Crippen LogP contribution < -0.4 is 0 Å². The second kappa shape index (κ2) is 8.97. The summed E-state index contributed by atoms with van der Waals surface area (Å²) < 4.78 is 6.64. The molecule has 1 saturated heterocycles. The number of tetrazole rings is 1. The zero-order valence-electron chi connectivity index (χ0n) is 18.4. The number of cyclic esters (lactones) is 1. The minimum Gasteiger partial charge on any atom is -0.433 e. The number of aromatic nitrogens is 4. The van der Waals surface area contributed by atoms with E-state index < -0.39 is 0 Å². The molecule has 33 heavy (non-hydrogen) atoms. The molecule has 0 spiro atoms. The third-order valence-corrected chi connectivity index (χ3v) is 6.57. The van der Waals surface area contributed by atoms with Crippen LogP contribution in [0.3, 0.4) is 0 Å². The van der Waals surface area contributed by atoms with E-state index in [1.54, 1.807) is 17.3 Å². The van der Waals surface area contributed by atoms with Crippen molar-refractivity contribution in [2.45, 2.75) is 26.2 Å². The Morgan fingerprint density at radius 1 is 1.21 bits per heavy atom. The van der Waals surface area contributed by atoms with Crippen molar-refractivity contribution in [3.8, 4) is 5.69 Å². The molecule has 3 aliphatic rings. The molecule has 2 aliphatic heterocycles. The van der Waals surface area contributed by atoms with Crippen LogP contribution >= 0.6 is 0 Å². The Balaban J connectivity index is 1.13. The van der Waals surface area contributed by atoms with Crippen LogP contribution in [0, 0.1) is 11.8 Å². The largest absolute Gasteiger partial charge is 0.433 e. The van der Waals surface area contributed by atoms with Crippen molar-refractivity contribution in [2.75, 3.05) is 13.1 Å². The van der Waals surface area contributed by atoms with Gasteiger partial charge in [0, 0.05) is 18.7 Å². The van der Waals surface area contributed by atoms with E-state index in [0.717, 1.165) is 53.9 Å². The third-order valence-electron chi connectivity index (χ3n) is 6.57. The van der Waals surface area contributed by atoms with E-state index in [1.165, 1.54) is 0 Å². The maximum absolute atomic E-state index is 12.8. The van der Waals surface area contributed by atoms with Crippen LogP contribution in [0.4, 0.5) is 0 Å². The van der Waals surface area contributed by atoms with Crippen LogP contribution in [-0.2, 0) is 20.7 Å². The quantitative estimate of drug-likeness (QED) is 0.660. The van der Waals surface area contributed by atoms with Crippen molar-refractivity contribution >= 4 is 11.9 Å². The van der Waals surface area contributed by atoms with Crippen molar-refractivity contribution in [3.63, 3.8) is 0 Å². The number of ether oxygens (including phenoxy) is 1. The molecule has 8 heteroatoms. The number of piperidine rings is 1. The first-order chi connectivity index (χ1) is 16.1. The average Bonchev–Trinajstić information content (AvgIpc) is 3.50. The maximum atomic E-state index is 12.8. The molecule has 1 aliphatic carbocycles. The van der Waals surface area contributed by atoms with E-state index in [9.17, 15) is 9.59 Å². The van der Waals surface area contributed by atoms with E-state index >= 15 is 0 Å². The average molecular weight is 444 g/mol. The van der Waals surface area contributed by atoms with Crippen LogP contribution in [0.1, 0.15) is 25.3 Å². The summed E-state index contributed by atoms with van der Waals surface area (Å²) >= 11 is 0. The number of carbonyl (C=O) groups excluding carboxylic acids is 2. The zero-order chi connectivity index (χ0) is 22.8. The predicted molar refractivity (Wildman–Crippen MR) is 121 cm³/mol. The molecule has 1 fully saturated rings. The second-order valence-electron chi connectivity index (χ2n) is 8.60. The van der Waals surface area contributed by atoms with Gasteiger partial charge in [0.2, 0.25) is 5.91 Å². The summed E-state index contributed by atoms with van der Waals surface area (Å²) in [6, 6.07) is 7.72. The van der Waals surface area contributed by atoms with E-state index in [2.05, 4.69) is 27.7 Å². The number of hydrogen-bond donors (Lipinski definition) is 0. The van der Waals surface area contributed by atoms with Gasteiger partial charge in [-0.25, -0.2) is 4.68 Å². The maximum Gasteiger partial charge on any atom is 0.322 e. The Morgan fingerprint density at radius 3 is 2.73 bits per heavy atom. The predicted octanol–water partition coefficient (Wildman–Crippen LogP) is 2.94. The summed E-state index contributed by atoms with van der Waals surface area (Å²) in [7, 11) is 0. The number of allylic oxidation sites excluding steroid dienone is 5. The summed E-state index contributed by atoms with van der Waals surface area (Å²) in [4.78, 5) is 26.5. The fraction of sp³-hybridized carbons (Fsp3) is 0.320. The Labute approximate surface area is 191 Å². The fourth-order valence-electron chi connectivity index (χ4n) is 4.48. The van der Waals surface area contributed by atoms with Crippen molar-refractivity contribution < 1.29 is 14.3 Å². The number of amides is 1. The van der Waals surface area contributed by atoms with Gasteiger partial charge in [-0.1, -0.05) is 36.4 Å². The van der Waals surface area contributed by atoms with E-state index in [0.29, 0.717) is 12.3 Å². The summed E-state index contributed by atoms with van der Waals surface area (Å²) in [5, 5.41) is 11.1. The first-order valence-corrected chi connectivity index (χ1v) is 11.2. The number of hydrogen-bond acceptors (Lipinski definition) is 6. The van der Waals surface area contributed by atoms with Crippen molar-refractivity contribution in [3.05, 3.63) is 83.4 Å². The van der Waals surface area contributed by atoms with Crippen molar-refractivity contribution in [2.24, 2.45) is 11.8 Å². The number of fused-ring (bicyclic) bond motifs is 1. The van der Waals surface area contributed by atoms with Gasteiger partial charge < -0.3 is 9.64 Å². The normalized spacial score (nSPS) is 20.9. The van der Waals surface area contributed by atoms with Gasteiger partial charge >= 0.3 is 5.97 Å². The highest BCUT2D eigenvalue weighted by molar-refractivity contribution is 5.84. The number of rotatable bonds is 5. The highest BCUT2D eigenvalue weighted by atomic mass is 16.5. The zero-order valence-corrected chi connectivity index (χ0v) is 18.4. The molecule has 1 unspecified atom stereocenters.